The summed E-state index contributed by atoms with van der Waals surface area (Å²) in [4.78, 5) is 40.3. The molecule has 0 unspecified atom stereocenters. The normalized spacial score (nSPS) is 22.7. The first kappa shape index (κ1) is 15.4. The van der Waals surface area contributed by atoms with Crippen LogP contribution in [0.25, 0.3) is 0 Å². The van der Waals surface area contributed by atoms with Crippen LogP contribution in [0.2, 0.25) is 0 Å². The Morgan fingerprint density at radius 3 is 2.62 bits per heavy atom. The number of piperazine rings is 1. The number of nitrogens with zero attached hydrogens (tertiary/aromatic N) is 2. The molecule has 3 aliphatic rings. The second-order valence-electron chi connectivity index (χ2n) is 7.27. The molecule has 6 nitrogen and oxygen atoms in total. The summed E-state index contributed by atoms with van der Waals surface area (Å²) in [7, 11) is 0. The lowest BCUT2D eigenvalue weighted by Gasteiger charge is -2.43. The SMILES string of the molecule is Cc1ccn(C2CC2)c(=O)c1C(=O)N1CCNC(=O)C12CCCC2. The number of aryl methyl sites for hydroxylation is 1. The maximum Gasteiger partial charge on any atom is 0.263 e. The summed E-state index contributed by atoms with van der Waals surface area (Å²) in [5.74, 6) is -0.333. The Balaban J connectivity index is 1.77. The molecular weight excluding hydrogens is 306 g/mol. The Hall–Kier alpha value is -2.11. The van der Waals surface area contributed by atoms with Crippen molar-refractivity contribution in [2.45, 2.75) is 57.0 Å². The first-order chi connectivity index (χ1) is 11.5. The van der Waals surface area contributed by atoms with E-state index < -0.39 is 5.54 Å². The molecule has 1 N–H and O–H groups in total. The van der Waals surface area contributed by atoms with Crippen molar-refractivity contribution < 1.29 is 9.59 Å². The molecule has 2 heterocycles. The summed E-state index contributed by atoms with van der Waals surface area (Å²) in [6.45, 7) is 2.73. The van der Waals surface area contributed by atoms with Crippen molar-refractivity contribution >= 4 is 11.8 Å². The average molecular weight is 329 g/mol. The van der Waals surface area contributed by atoms with E-state index in [9.17, 15) is 14.4 Å². The van der Waals surface area contributed by atoms with Crippen LogP contribution in [-0.4, -0.2) is 39.9 Å². The first-order valence-corrected chi connectivity index (χ1v) is 8.86. The Kier molecular flexibility index (Phi) is 3.51. The number of carbonyl (C=O) groups is 2. The van der Waals surface area contributed by atoms with Gasteiger partial charge in [0.2, 0.25) is 5.91 Å². The van der Waals surface area contributed by atoms with Crippen LogP contribution in [0.5, 0.6) is 0 Å². The summed E-state index contributed by atoms with van der Waals surface area (Å²) in [6, 6.07) is 2.08. The molecule has 1 saturated heterocycles. The van der Waals surface area contributed by atoms with E-state index in [1.165, 1.54) is 0 Å². The molecule has 4 rings (SSSR count). The summed E-state index contributed by atoms with van der Waals surface area (Å²) in [5.41, 5.74) is -0.0258. The van der Waals surface area contributed by atoms with Crippen molar-refractivity contribution in [3.05, 3.63) is 33.7 Å². The van der Waals surface area contributed by atoms with Gasteiger partial charge in [0.05, 0.1) is 0 Å². The van der Waals surface area contributed by atoms with E-state index in [1.807, 2.05) is 6.07 Å². The zero-order valence-corrected chi connectivity index (χ0v) is 14.0. The van der Waals surface area contributed by atoms with Crippen LogP contribution in [-0.2, 0) is 4.79 Å². The van der Waals surface area contributed by atoms with E-state index in [-0.39, 0.29) is 29.0 Å². The van der Waals surface area contributed by atoms with Crippen LogP contribution in [0.1, 0.15) is 60.5 Å². The fraction of sp³-hybridized carbons (Fsp3) is 0.611. The molecular formula is C18H23N3O3. The third-order valence-corrected chi connectivity index (χ3v) is 5.72. The molecule has 1 spiro atoms. The summed E-state index contributed by atoms with van der Waals surface area (Å²) in [6.07, 6.45) is 7.04. The van der Waals surface area contributed by atoms with Crippen LogP contribution >= 0.6 is 0 Å². The molecule has 2 amide bonds. The topological polar surface area (TPSA) is 71.4 Å². The molecule has 6 heteroatoms. The lowest BCUT2D eigenvalue weighted by molar-refractivity contribution is -0.134. The van der Waals surface area contributed by atoms with Crippen LogP contribution in [0.3, 0.4) is 0 Å². The largest absolute Gasteiger partial charge is 0.352 e. The zero-order chi connectivity index (χ0) is 16.9. The molecule has 0 bridgehead atoms. The molecule has 128 valence electrons. The lowest BCUT2D eigenvalue weighted by atomic mass is 9.90. The molecule has 3 fully saturated rings. The predicted octanol–water partition coefficient (Wildman–Crippen LogP) is 1.38. The Labute approximate surface area is 140 Å². The van der Waals surface area contributed by atoms with Crippen LogP contribution in [0.15, 0.2) is 17.1 Å². The number of rotatable bonds is 2. The van der Waals surface area contributed by atoms with Crippen LogP contribution < -0.4 is 10.9 Å². The van der Waals surface area contributed by atoms with E-state index >= 15 is 0 Å². The van der Waals surface area contributed by atoms with Gasteiger partial charge in [0.15, 0.2) is 0 Å². The summed E-state index contributed by atoms with van der Waals surface area (Å²) in [5, 5.41) is 2.90. The van der Waals surface area contributed by atoms with Crippen molar-refractivity contribution in [3.63, 3.8) is 0 Å². The van der Waals surface area contributed by atoms with Crippen molar-refractivity contribution in [1.29, 1.82) is 0 Å². The highest BCUT2D eigenvalue weighted by Crippen LogP contribution is 2.38. The molecule has 0 atom stereocenters. The Bertz CT molecular complexity index is 757. The number of hydrogen-bond donors (Lipinski definition) is 1. The first-order valence-electron chi connectivity index (χ1n) is 8.86. The standard InChI is InChI=1S/C18H23N3O3/c1-12-6-10-20(13-4-5-13)15(22)14(12)16(23)21-11-9-19-17(24)18(21)7-2-3-8-18/h6,10,13H,2-5,7-9,11H2,1H3,(H,19,24). The average Bonchev–Trinajstić information content (AvgIpc) is 3.28. The van der Waals surface area contributed by atoms with Crippen LogP contribution in [0.4, 0.5) is 0 Å². The number of pyridine rings is 1. The predicted molar refractivity (Wildman–Crippen MR) is 89.0 cm³/mol. The second-order valence-corrected chi connectivity index (χ2v) is 7.27. The number of nitrogens with one attached hydrogen (secondary N) is 1. The second kappa shape index (κ2) is 5.46. The smallest absolute Gasteiger partial charge is 0.263 e. The van der Waals surface area contributed by atoms with Gasteiger partial charge in [0.1, 0.15) is 11.1 Å². The van der Waals surface area contributed by atoms with Gasteiger partial charge in [-0.25, -0.2) is 0 Å². The minimum absolute atomic E-state index is 0.0595. The fourth-order valence-corrected chi connectivity index (χ4v) is 4.21. The maximum atomic E-state index is 13.3. The van der Waals surface area contributed by atoms with Crippen molar-refractivity contribution in [3.8, 4) is 0 Å². The molecule has 2 saturated carbocycles. The molecule has 0 aromatic carbocycles. The van der Waals surface area contributed by atoms with Gasteiger partial charge in [-0.15, -0.1) is 0 Å². The van der Waals surface area contributed by atoms with Gasteiger partial charge < -0.3 is 14.8 Å². The van der Waals surface area contributed by atoms with Crippen LogP contribution in [0, 0.1) is 6.92 Å². The third-order valence-electron chi connectivity index (χ3n) is 5.72. The molecule has 1 aliphatic heterocycles. The number of amides is 2. The van der Waals surface area contributed by atoms with Gasteiger partial charge in [-0.2, -0.15) is 0 Å². The van der Waals surface area contributed by atoms with Gasteiger partial charge in [-0.05, 0) is 44.2 Å². The lowest BCUT2D eigenvalue weighted by Crippen LogP contribution is -2.65. The zero-order valence-electron chi connectivity index (χ0n) is 14.0. The molecule has 1 aromatic heterocycles. The van der Waals surface area contributed by atoms with E-state index in [1.54, 1.807) is 22.6 Å². The Morgan fingerprint density at radius 1 is 1.25 bits per heavy atom. The minimum atomic E-state index is -0.755. The molecule has 24 heavy (non-hydrogen) atoms. The summed E-state index contributed by atoms with van der Waals surface area (Å²) >= 11 is 0. The molecule has 1 aromatic rings. The third kappa shape index (κ3) is 2.19. The number of aromatic nitrogens is 1. The minimum Gasteiger partial charge on any atom is -0.352 e. The highest BCUT2D eigenvalue weighted by molar-refractivity contribution is 6.00. The highest BCUT2D eigenvalue weighted by Gasteiger charge is 2.50. The van der Waals surface area contributed by atoms with E-state index in [2.05, 4.69) is 5.32 Å². The van der Waals surface area contributed by atoms with Crippen molar-refractivity contribution in [1.82, 2.24) is 14.8 Å². The maximum absolute atomic E-state index is 13.3. The monoisotopic (exact) mass is 329 g/mol. The van der Waals surface area contributed by atoms with Gasteiger partial charge in [-0.3, -0.25) is 14.4 Å². The van der Waals surface area contributed by atoms with Gasteiger partial charge >= 0.3 is 0 Å². The van der Waals surface area contributed by atoms with Gasteiger partial charge in [-0.1, -0.05) is 12.8 Å². The van der Waals surface area contributed by atoms with Gasteiger partial charge in [0.25, 0.3) is 11.5 Å². The van der Waals surface area contributed by atoms with Crippen molar-refractivity contribution in [2.24, 2.45) is 0 Å². The summed E-state index contributed by atoms with van der Waals surface area (Å²) < 4.78 is 1.69. The fourth-order valence-electron chi connectivity index (χ4n) is 4.21. The van der Waals surface area contributed by atoms with E-state index in [0.717, 1.165) is 25.7 Å². The highest BCUT2D eigenvalue weighted by atomic mass is 16.2. The van der Waals surface area contributed by atoms with E-state index in [4.69, 9.17) is 0 Å². The van der Waals surface area contributed by atoms with Gasteiger partial charge in [0, 0.05) is 25.3 Å². The quantitative estimate of drug-likeness (QED) is 0.891. The van der Waals surface area contributed by atoms with E-state index in [0.29, 0.717) is 31.5 Å². The van der Waals surface area contributed by atoms with Crippen molar-refractivity contribution in [2.75, 3.05) is 13.1 Å². The Morgan fingerprint density at radius 2 is 1.96 bits per heavy atom. The molecule has 2 aliphatic carbocycles. The number of hydrogen-bond acceptors (Lipinski definition) is 3. The number of carbonyl (C=O) groups excluding carboxylic acids is 2. The molecule has 0 radical (unpaired) electrons.